The van der Waals surface area contributed by atoms with Crippen LogP contribution in [0.25, 0.3) is 0 Å². The van der Waals surface area contributed by atoms with E-state index in [9.17, 15) is 18.4 Å². The summed E-state index contributed by atoms with van der Waals surface area (Å²) < 4.78 is 24.7. The Hall–Kier alpha value is -2.26. The summed E-state index contributed by atoms with van der Waals surface area (Å²) in [4.78, 5) is 10.6. The van der Waals surface area contributed by atoms with Crippen LogP contribution < -0.4 is 5.23 Å². The van der Waals surface area contributed by atoms with Crippen LogP contribution in [0.1, 0.15) is 10.4 Å². The third-order valence-corrected chi connectivity index (χ3v) is 4.57. The molecule has 2 rings (SSSR count). The molecule has 110 valence electrons. The largest absolute Gasteiger partial charge is 0.595 e. The molecule has 1 atom stereocenters. The number of rotatable bonds is 4. The summed E-state index contributed by atoms with van der Waals surface area (Å²) in [5, 5.41) is 27.2. The monoisotopic (exact) mass is 309 g/mol. The second-order valence-corrected chi connectivity index (χ2v) is 6.12. The van der Waals surface area contributed by atoms with Gasteiger partial charge in [-0.25, -0.2) is 18.4 Å². The molecule has 0 spiro atoms. The van der Waals surface area contributed by atoms with Crippen LogP contribution in [0.5, 0.6) is 0 Å². The minimum Gasteiger partial charge on any atom is -0.595 e. The van der Waals surface area contributed by atoms with E-state index in [2.05, 4.69) is 0 Å². The Labute approximate surface area is 120 Å². The summed E-state index contributed by atoms with van der Waals surface area (Å²) in [6.45, 7) is 0. The molecule has 0 fully saturated rings. The van der Waals surface area contributed by atoms with E-state index >= 15 is 0 Å². The van der Waals surface area contributed by atoms with Crippen molar-refractivity contribution in [2.75, 3.05) is 0 Å². The quantitative estimate of drug-likeness (QED) is 0.712. The lowest BCUT2D eigenvalue weighted by Crippen LogP contribution is -2.99. The highest BCUT2D eigenvalue weighted by molar-refractivity contribution is 7.91. The Morgan fingerprint density at radius 1 is 1.05 bits per heavy atom. The van der Waals surface area contributed by atoms with E-state index in [0.29, 0.717) is 0 Å². The number of nitrogens with one attached hydrogen (secondary N) is 1. The number of hydrogen-bond acceptors (Lipinski definition) is 5. The number of sulfone groups is 1. The van der Waals surface area contributed by atoms with Crippen molar-refractivity contribution in [2.24, 2.45) is 0 Å². The van der Waals surface area contributed by atoms with E-state index in [1.165, 1.54) is 42.5 Å². The van der Waals surface area contributed by atoms with Gasteiger partial charge in [-0.3, -0.25) is 0 Å². The maximum atomic E-state index is 12.3. The molecule has 0 bridgehead atoms. The molecule has 0 aliphatic carbocycles. The first-order valence-corrected chi connectivity index (χ1v) is 7.22. The van der Waals surface area contributed by atoms with Gasteiger partial charge in [0.25, 0.3) is 0 Å². The molecule has 21 heavy (non-hydrogen) atoms. The number of benzene rings is 2. The Kier molecular flexibility index (Phi) is 4.05. The molecule has 0 amide bonds. The number of quaternary nitrogens is 1. The van der Waals surface area contributed by atoms with Crippen molar-refractivity contribution in [3.05, 3.63) is 59.3 Å². The predicted molar refractivity (Wildman–Crippen MR) is 71.1 cm³/mol. The third-order valence-electron chi connectivity index (χ3n) is 2.80. The summed E-state index contributed by atoms with van der Waals surface area (Å²) in [6.07, 6.45) is 0. The molecule has 8 heteroatoms. The molecular formula is C13H11NO6S. The fourth-order valence-corrected chi connectivity index (χ4v) is 3.02. The molecule has 2 aromatic rings. The van der Waals surface area contributed by atoms with Gasteiger partial charge in [-0.2, -0.15) is 5.23 Å². The normalized spacial score (nSPS) is 12.9. The Morgan fingerprint density at radius 2 is 1.67 bits per heavy atom. The van der Waals surface area contributed by atoms with Crippen molar-refractivity contribution >= 4 is 21.5 Å². The van der Waals surface area contributed by atoms with Gasteiger partial charge in [0.2, 0.25) is 9.84 Å². The van der Waals surface area contributed by atoms with Crippen LogP contribution in [0.4, 0.5) is 5.69 Å². The SMILES string of the molecule is O=C(O)c1cccc(S(=O)(=O)c2ccc([NH+]([O-])O)cc2)c1. The predicted octanol–water partition coefficient (Wildman–Crippen LogP) is 0.621. The second-order valence-electron chi connectivity index (χ2n) is 4.17. The number of carbonyl (C=O) groups is 1. The van der Waals surface area contributed by atoms with E-state index in [-0.39, 0.29) is 21.0 Å². The molecule has 7 nitrogen and oxygen atoms in total. The highest BCUT2D eigenvalue weighted by atomic mass is 32.2. The van der Waals surface area contributed by atoms with Gasteiger partial charge in [0, 0.05) is 12.1 Å². The number of carboxylic acids is 1. The van der Waals surface area contributed by atoms with E-state index in [1.807, 2.05) is 0 Å². The van der Waals surface area contributed by atoms with E-state index < -0.39 is 21.0 Å². The maximum absolute atomic E-state index is 12.3. The first-order chi connectivity index (χ1) is 9.82. The van der Waals surface area contributed by atoms with Gasteiger partial charge >= 0.3 is 5.97 Å². The van der Waals surface area contributed by atoms with Gasteiger partial charge in [0.05, 0.1) is 15.4 Å². The Balaban J connectivity index is 2.46. The third kappa shape index (κ3) is 3.09. The van der Waals surface area contributed by atoms with Crippen molar-refractivity contribution in [1.29, 1.82) is 0 Å². The van der Waals surface area contributed by atoms with Gasteiger partial charge in [-0.15, -0.1) is 0 Å². The van der Waals surface area contributed by atoms with E-state index in [0.717, 1.165) is 6.07 Å². The van der Waals surface area contributed by atoms with Crippen molar-refractivity contribution < 1.29 is 28.8 Å². The van der Waals surface area contributed by atoms with Crippen LogP contribution in [0.3, 0.4) is 0 Å². The van der Waals surface area contributed by atoms with Crippen LogP contribution in [0.15, 0.2) is 58.3 Å². The average molecular weight is 309 g/mol. The van der Waals surface area contributed by atoms with Crippen LogP contribution in [0.2, 0.25) is 0 Å². The standard InChI is InChI=1S/C13H11NO6S/c15-13(16)9-2-1-3-12(8-9)21(19,20)11-6-4-10(5-7-11)14(17)18/h1-8,14,17H,(H,15,16). The first kappa shape index (κ1) is 15.1. The van der Waals surface area contributed by atoms with Crippen molar-refractivity contribution in [3.8, 4) is 0 Å². The van der Waals surface area contributed by atoms with Crippen molar-refractivity contribution in [1.82, 2.24) is 0 Å². The molecule has 0 heterocycles. The van der Waals surface area contributed by atoms with Crippen LogP contribution in [-0.4, -0.2) is 24.7 Å². The summed E-state index contributed by atoms with van der Waals surface area (Å²) in [5.74, 6) is -1.23. The van der Waals surface area contributed by atoms with Crippen LogP contribution in [-0.2, 0) is 9.84 Å². The van der Waals surface area contributed by atoms with Gasteiger partial charge in [-0.1, -0.05) is 6.07 Å². The van der Waals surface area contributed by atoms with E-state index in [1.54, 1.807) is 0 Å². The Bertz CT molecular complexity index is 768. The molecule has 0 aliphatic rings. The maximum Gasteiger partial charge on any atom is 0.335 e. The summed E-state index contributed by atoms with van der Waals surface area (Å²) in [7, 11) is -3.89. The molecule has 0 aliphatic heterocycles. The highest BCUT2D eigenvalue weighted by Crippen LogP contribution is 2.22. The van der Waals surface area contributed by atoms with Gasteiger partial charge in [0.1, 0.15) is 0 Å². The molecule has 1 unspecified atom stereocenters. The summed E-state index contributed by atoms with van der Waals surface area (Å²) in [5.41, 5.74) is -0.175. The lowest BCUT2D eigenvalue weighted by Gasteiger charge is -2.12. The molecule has 0 saturated heterocycles. The van der Waals surface area contributed by atoms with E-state index in [4.69, 9.17) is 10.3 Å². The topological polar surface area (TPSA) is 119 Å². The molecular weight excluding hydrogens is 298 g/mol. The highest BCUT2D eigenvalue weighted by Gasteiger charge is 2.19. The lowest BCUT2D eigenvalue weighted by molar-refractivity contribution is -0.991. The molecule has 0 aromatic heterocycles. The zero-order valence-corrected chi connectivity index (χ0v) is 11.4. The molecule has 3 N–H and O–H groups in total. The lowest BCUT2D eigenvalue weighted by atomic mass is 10.2. The van der Waals surface area contributed by atoms with Crippen LogP contribution >= 0.6 is 0 Å². The smallest absolute Gasteiger partial charge is 0.335 e. The molecule has 2 aromatic carbocycles. The van der Waals surface area contributed by atoms with Gasteiger partial charge in [0.15, 0.2) is 5.69 Å². The van der Waals surface area contributed by atoms with Gasteiger partial charge < -0.3 is 10.3 Å². The zero-order valence-electron chi connectivity index (χ0n) is 10.6. The summed E-state index contributed by atoms with van der Waals surface area (Å²) in [6, 6.07) is 9.66. The van der Waals surface area contributed by atoms with Crippen molar-refractivity contribution in [3.63, 3.8) is 0 Å². The zero-order chi connectivity index (χ0) is 15.6. The fourth-order valence-electron chi connectivity index (χ4n) is 1.71. The fraction of sp³-hybridized carbons (Fsp3) is 0. The first-order valence-electron chi connectivity index (χ1n) is 5.74. The summed E-state index contributed by atoms with van der Waals surface area (Å²) >= 11 is 0. The minimum atomic E-state index is -3.89. The average Bonchev–Trinajstić information content (AvgIpc) is 2.47. The number of carboxylic acid groups (broad SMARTS) is 1. The second kappa shape index (κ2) is 5.62. The van der Waals surface area contributed by atoms with Crippen molar-refractivity contribution in [2.45, 2.75) is 9.79 Å². The Morgan fingerprint density at radius 3 is 2.19 bits per heavy atom. The van der Waals surface area contributed by atoms with Gasteiger partial charge in [-0.05, 0) is 30.3 Å². The van der Waals surface area contributed by atoms with Crippen LogP contribution in [0, 0.1) is 5.21 Å². The molecule has 0 saturated carbocycles. The minimum absolute atomic E-state index is 0.0340. The number of aromatic carboxylic acids is 1. The molecule has 0 radical (unpaired) electrons. The number of hydrogen-bond donors (Lipinski definition) is 3.